The highest BCUT2D eigenvalue weighted by Crippen LogP contribution is 2.46. The van der Waals surface area contributed by atoms with Gasteiger partial charge in [0.05, 0.1) is 0 Å². The third-order valence-electron chi connectivity index (χ3n) is 9.83. The van der Waals surface area contributed by atoms with Crippen molar-refractivity contribution in [3.8, 4) is 16.9 Å². The highest BCUT2D eigenvalue weighted by molar-refractivity contribution is 5.65. The minimum Gasteiger partial charge on any atom is -0.429 e. The maximum absolute atomic E-state index is 15.2. The van der Waals surface area contributed by atoms with Gasteiger partial charge in [0.1, 0.15) is 17.1 Å². The first kappa shape index (κ1) is 32.4. The number of benzene rings is 3. The van der Waals surface area contributed by atoms with Crippen molar-refractivity contribution in [2.45, 2.75) is 96.0 Å². The maximum atomic E-state index is 15.2. The first-order valence-corrected chi connectivity index (χ1v) is 15.9. The van der Waals surface area contributed by atoms with Crippen LogP contribution in [0.2, 0.25) is 0 Å². The molecule has 5 rings (SSSR count). The van der Waals surface area contributed by atoms with E-state index in [9.17, 15) is 13.2 Å². The zero-order valence-electron chi connectivity index (χ0n) is 25.0. The molecule has 3 aromatic carbocycles. The molecule has 238 valence electrons. The molecule has 0 bridgehead atoms. The Morgan fingerprint density at radius 1 is 0.682 bits per heavy atom. The van der Waals surface area contributed by atoms with E-state index >= 15 is 17.6 Å². The summed E-state index contributed by atoms with van der Waals surface area (Å²) in [6.07, 6.45) is 9.10. The van der Waals surface area contributed by atoms with Crippen LogP contribution in [0.1, 0.15) is 101 Å². The summed E-state index contributed by atoms with van der Waals surface area (Å²) < 4.78 is 106. The Labute approximate surface area is 254 Å². The van der Waals surface area contributed by atoms with Crippen molar-refractivity contribution in [1.29, 1.82) is 0 Å². The monoisotopic (exact) mass is 620 g/mol. The van der Waals surface area contributed by atoms with E-state index in [4.69, 9.17) is 0 Å². The SMILES string of the molecule is CCCCCC1CCC(C2CCC(c3ccc(C(F)(F)Oc4ccc(-c5ccc(F)c(F)c5)c(F)c4)c(F)c3F)CC2)CC1. The van der Waals surface area contributed by atoms with Crippen LogP contribution in [-0.4, -0.2) is 0 Å². The summed E-state index contributed by atoms with van der Waals surface area (Å²) in [6, 6.07) is 7.46. The van der Waals surface area contributed by atoms with Crippen LogP contribution in [0.25, 0.3) is 11.1 Å². The summed E-state index contributed by atoms with van der Waals surface area (Å²) in [4.78, 5) is 0. The second-order valence-electron chi connectivity index (χ2n) is 12.6. The summed E-state index contributed by atoms with van der Waals surface area (Å²) in [5.74, 6) is -5.15. The predicted molar refractivity (Wildman–Crippen MR) is 157 cm³/mol. The minimum atomic E-state index is -4.30. The molecule has 8 heteroatoms. The van der Waals surface area contributed by atoms with Crippen LogP contribution in [0.3, 0.4) is 0 Å². The van der Waals surface area contributed by atoms with E-state index in [2.05, 4.69) is 11.7 Å². The molecule has 0 N–H and O–H groups in total. The predicted octanol–water partition coefficient (Wildman–Crippen LogP) is 11.8. The van der Waals surface area contributed by atoms with Crippen molar-refractivity contribution < 1.29 is 35.5 Å². The van der Waals surface area contributed by atoms with Gasteiger partial charge in [0.25, 0.3) is 0 Å². The molecule has 1 nitrogen and oxygen atoms in total. The lowest BCUT2D eigenvalue weighted by atomic mass is 9.68. The largest absolute Gasteiger partial charge is 0.429 e. The topological polar surface area (TPSA) is 9.23 Å². The van der Waals surface area contributed by atoms with E-state index in [1.165, 1.54) is 57.4 Å². The summed E-state index contributed by atoms with van der Waals surface area (Å²) in [6.45, 7) is 2.22. The van der Waals surface area contributed by atoms with Gasteiger partial charge >= 0.3 is 6.11 Å². The Kier molecular flexibility index (Phi) is 10.3. The molecule has 0 aliphatic heterocycles. The van der Waals surface area contributed by atoms with E-state index < -0.39 is 46.5 Å². The number of hydrogen-bond acceptors (Lipinski definition) is 1. The van der Waals surface area contributed by atoms with Gasteiger partial charge in [0.2, 0.25) is 0 Å². The number of unbranched alkanes of at least 4 members (excludes halogenated alkanes) is 2. The van der Waals surface area contributed by atoms with Crippen molar-refractivity contribution in [1.82, 2.24) is 0 Å². The zero-order chi connectivity index (χ0) is 31.4. The van der Waals surface area contributed by atoms with Gasteiger partial charge in [-0.05, 0) is 104 Å². The fourth-order valence-electron chi connectivity index (χ4n) is 7.30. The highest BCUT2D eigenvalue weighted by atomic mass is 19.3. The zero-order valence-corrected chi connectivity index (χ0v) is 25.0. The van der Waals surface area contributed by atoms with Crippen LogP contribution in [0, 0.1) is 46.8 Å². The lowest BCUT2D eigenvalue weighted by molar-refractivity contribution is -0.187. The molecule has 2 fully saturated rings. The number of rotatable bonds is 10. The Morgan fingerprint density at radius 2 is 1.36 bits per heavy atom. The average molecular weight is 621 g/mol. The second-order valence-corrected chi connectivity index (χ2v) is 12.6. The van der Waals surface area contributed by atoms with E-state index in [1.807, 2.05) is 0 Å². The number of hydrogen-bond donors (Lipinski definition) is 0. The summed E-state index contributed by atoms with van der Waals surface area (Å²) >= 11 is 0. The minimum absolute atomic E-state index is 0.0115. The van der Waals surface area contributed by atoms with Gasteiger partial charge in [-0.25, -0.2) is 22.0 Å². The van der Waals surface area contributed by atoms with Gasteiger partial charge in [0, 0.05) is 11.6 Å². The lowest BCUT2D eigenvalue weighted by Gasteiger charge is -2.38. The molecule has 0 amide bonds. The quantitative estimate of drug-likeness (QED) is 0.162. The molecule has 0 aromatic heterocycles. The van der Waals surface area contributed by atoms with E-state index in [-0.39, 0.29) is 22.6 Å². The number of halogens is 7. The average Bonchev–Trinajstić information content (AvgIpc) is 3.00. The van der Waals surface area contributed by atoms with Crippen molar-refractivity contribution in [3.05, 3.63) is 88.7 Å². The van der Waals surface area contributed by atoms with Crippen LogP contribution < -0.4 is 4.74 Å². The first-order chi connectivity index (χ1) is 21.1. The van der Waals surface area contributed by atoms with Crippen LogP contribution >= 0.6 is 0 Å². The summed E-state index contributed by atoms with van der Waals surface area (Å²) in [5.41, 5.74) is -1.37. The lowest BCUT2D eigenvalue weighted by Crippen LogP contribution is -2.26. The smallest absolute Gasteiger partial charge is 0.429 e. The molecule has 0 unspecified atom stereocenters. The van der Waals surface area contributed by atoms with Crippen LogP contribution in [-0.2, 0) is 6.11 Å². The maximum Gasteiger partial charge on any atom is 0.429 e. The van der Waals surface area contributed by atoms with Gasteiger partial charge in [-0.2, -0.15) is 8.78 Å². The Balaban J connectivity index is 1.20. The van der Waals surface area contributed by atoms with Gasteiger partial charge in [0.15, 0.2) is 23.3 Å². The van der Waals surface area contributed by atoms with Crippen LogP contribution in [0.5, 0.6) is 5.75 Å². The third-order valence-corrected chi connectivity index (χ3v) is 9.83. The van der Waals surface area contributed by atoms with Crippen molar-refractivity contribution in [3.63, 3.8) is 0 Å². The molecule has 2 aliphatic carbocycles. The number of alkyl halides is 2. The number of ether oxygens (including phenoxy) is 1. The molecule has 0 heterocycles. The normalized spacial score (nSPS) is 22.6. The second kappa shape index (κ2) is 13.9. The Hall–Kier alpha value is -3.03. The van der Waals surface area contributed by atoms with Gasteiger partial charge in [-0.1, -0.05) is 57.6 Å². The van der Waals surface area contributed by atoms with Gasteiger partial charge in [-0.15, -0.1) is 0 Å². The van der Waals surface area contributed by atoms with E-state index in [1.54, 1.807) is 0 Å². The molecular weight excluding hydrogens is 581 g/mol. The van der Waals surface area contributed by atoms with Crippen molar-refractivity contribution in [2.75, 3.05) is 0 Å². The molecule has 2 aliphatic rings. The van der Waals surface area contributed by atoms with Gasteiger partial charge in [-0.3, -0.25) is 0 Å². The summed E-state index contributed by atoms with van der Waals surface area (Å²) in [5, 5.41) is 0. The molecule has 0 spiro atoms. The fraction of sp³-hybridized carbons (Fsp3) is 0.500. The molecule has 2 saturated carbocycles. The summed E-state index contributed by atoms with van der Waals surface area (Å²) in [7, 11) is 0. The Bertz CT molecular complexity index is 1420. The molecular formula is C36H39F7O. The molecule has 0 radical (unpaired) electrons. The standard InChI is InChI=1S/C36H39F7O/c1-2-3-4-5-22-6-8-23(9-7-22)24-10-12-25(13-11-24)29-17-18-30(35(41)34(29)40)36(42,43)44-27-15-16-28(32(38)21-27)26-14-19-31(37)33(39)20-26/h14-25H,2-13H2,1H3. The van der Waals surface area contributed by atoms with Crippen LogP contribution in [0.4, 0.5) is 30.7 Å². The molecule has 3 aromatic rings. The molecule has 0 atom stereocenters. The first-order valence-electron chi connectivity index (χ1n) is 15.9. The highest BCUT2D eigenvalue weighted by Gasteiger charge is 2.40. The van der Waals surface area contributed by atoms with Crippen molar-refractivity contribution in [2.24, 2.45) is 17.8 Å². The molecule has 44 heavy (non-hydrogen) atoms. The molecule has 0 saturated heterocycles. The van der Waals surface area contributed by atoms with Crippen molar-refractivity contribution >= 4 is 0 Å². The Morgan fingerprint density at radius 3 is 2.00 bits per heavy atom. The van der Waals surface area contributed by atoms with E-state index in [0.717, 1.165) is 55.2 Å². The van der Waals surface area contributed by atoms with Crippen LogP contribution in [0.15, 0.2) is 48.5 Å². The van der Waals surface area contributed by atoms with E-state index in [0.29, 0.717) is 30.7 Å². The third kappa shape index (κ3) is 7.26. The fourth-order valence-corrected chi connectivity index (χ4v) is 7.30. The van der Waals surface area contributed by atoms with Gasteiger partial charge < -0.3 is 4.74 Å².